The third-order valence-electron chi connectivity index (χ3n) is 6.53. The number of anilines is 1. The lowest BCUT2D eigenvalue weighted by Gasteiger charge is -2.29. The number of hydrogen-bond donors (Lipinski definition) is 1. The van der Waals surface area contributed by atoms with Gasteiger partial charge in [0.05, 0.1) is 16.8 Å². The van der Waals surface area contributed by atoms with Crippen molar-refractivity contribution in [3.05, 3.63) is 75.3 Å². The molecule has 0 unspecified atom stereocenters. The number of alkyl halides is 3. The molecule has 34 heavy (non-hydrogen) atoms. The number of benzene rings is 1. The fourth-order valence-corrected chi connectivity index (χ4v) is 4.65. The zero-order valence-corrected chi connectivity index (χ0v) is 18.7. The van der Waals surface area contributed by atoms with Gasteiger partial charge in [0.25, 0.3) is 5.56 Å². The third-order valence-corrected chi connectivity index (χ3v) is 6.53. The lowest BCUT2D eigenvalue weighted by molar-refractivity contribution is -0.137. The molecule has 9 heteroatoms. The predicted molar refractivity (Wildman–Crippen MR) is 123 cm³/mol. The van der Waals surface area contributed by atoms with E-state index in [4.69, 9.17) is 0 Å². The summed E-state index contributed by atoms with van der Waals surface area (Å²) in [6, 6.07) is 8.85. The maximum absolute atomic E-state index is 12.8. The van der Waals surface area contributed by atoms with Crippen molar-refractivity contribution in [1.82, 2.24) is 19.9 Å². The van der Waals surface area contributed by atoms with Crippen LogP contribution in [0.15, 0.2) is 47.4 Å². The number of hydrogen-bond acceptors (Lipinski definition) is 5. The first kappa shape index (κ1) is 22.6. The summed E-state index contributed by atoms with van der Waals surface area (Å²) in [5.41, 5.74) is 1.88. The fourth-order valence-electron chi connectivity index (χ4n) is 4.65. The highest BCUT2D eigenvalue weighted by molar-refractivity contribution is 5.56. The first-order valence-corrected chi connectivity index (χ1v) is 11.6. The molecule has 4 heterocycles. The van der Waals surface area contributed by atoms with E-state index in [2.05, 4.69) is 36.9 Å². The molecule has 0 amide bonds. The molecule has 3 aromatic rings. The Bertz CT molecular complexity index is 1200. The van der Waals surface area contributed by atoms with Crippen LogP contribution < -0.4 is 10.5 Å². The molecule has 6 nitrogen and oxygen atoms in total. The Balaban J connectivity index is 1.27. The van der Waals surface area contributed by atoms with Crippen molar-refractivity contribution in [2.24, 2.45) is 0 Å². The molecular formula is C25H26F3N5O. The topological polar surface area (TPSA) is 65.1 Å². The molecule has 2 aliphatic rings. The largest absolute Gasteiger partial charge is 0.416 e. The SMILES string of the molecule is O=c1[nH]c(-c2ccc(C(F)(F)F)cc2)nc2c1CN(Cc1ccc(N3CCCCC3)nc1)CC2. The van der Waals surface area contributed by atoms with Crippen LogP contribution in [0.2, 0.25) is 0 Å². The Morgan fingerprint density at radius 1 is 0.971 bits per heavy atom. The quantitative estimate of drug-likeness (QED) is 0.614. The van der Waals surface area contributed by atoms with Gasteiger partial charge in [-0.25, -0.2) is 9.97 Å². The number of nitrogens with one attached hydrogen (secondary N) is 1. The van der Waals surface area contributed by atoms with Gasteiger partial charge in [-0.1, -0.05) is 18.2 Å². The van der Waals surface area contributed by atoms with Gasteiger partial charge >= 0.3 is 6.18 Å². The van der Waals surface area contributed by atoms with Crippen molar-refractivity contribution in [3.63, 3.8) is 0 Å². The summed E-state index contributed by atoms with van der Waals surface area (Å²) >= 11 is 0. The monoisotopic (exact) mass is 469 g/mol. The Hall–Kier alpha value is -3.20. The number of fused-ring (bicyclic) bond motifs is 1. The van der Waals surface area contributed by atoms with Gasteiger partial charge in [-0.15, -0.1) is 0 Å². The minimum atomic E-state index is -4.40. The summed E-state index contributed by atoms with van der Waals surface area (Å²) in [6.45, 7) is 4.01. The number of nitrogens with zero attached hydrogens (tertiary/aromatic N) is 4. The van der Waals surface area contributed by atoms with E-state index in [1.807, 2.05) is 6.20 Å². The van der Waals surface area contributed by atoms with Crippen LogP contribution in [0.5, 0.6) is 0 Å². The van der Waals surface area contributed by atoms with Crippen LogP contribution in [0.1, 0.15) is 41.6 Å². The van der Waals surface area contributed by atoms with Gasteiger partial charge in [-0.05, 0) is 43.0 Å². The molecule has 1 fully saturated rings. The zero-order chi connectivity index (χ0) is 23.7. The summed E-state index contributed by atoms with van der Waals surface area (Å²) in [5, 5.41) is 0. The number of pyridine rings is 1. The van der Waals surface area contributed by atoms with Gasteiger partial charge in [0.1, 0.15) is 11.6 Å². The molecule has 0 bridgehead atoms. The Morgan fingerprint density at radius 2 is 1.74 bits per heavy atom. The molecular weight excluding hydrogens is 443 g/mol. The maximum atomic E-state index is 12.8. The Labute approximate surface area is 195 Å². The average Bonchev–Trinajstić information content (AvgIpc) is 2.85. The Morgan fingerprint density at radius 3 is 2.41 bits per heavy atom. The van der Waals surface area contributed by atoms with E-state index in [0.29, 0.717) is 42.2 Å². The van der Waals surface area contributed by atoms with E-state index in [0.717, 1.165) is 43.1 Å². The summed E-state index contributed by atoms with van der Waals surface area (Å²) in [6.07, 6.45) is 1.81. The summed E-state index contributed by atoms with van der Waals surface area (Å²) in [5.74, 6) is 1.31. The molecule has 0 atom stereocenters. The molecule has 1 N–H and O–H groups in total. The predicted octanol–water partition coefficient (Wildman–Crippen LogP) is 4.40. The number of H-pyrrole nitrogens is 1. The van der Waals surface area contributed by atoms with Crippen molar-refractivity contribution >= 4 is 5.82 Å². The van der Waals surface area contributed by atoms with Crippen molar-refractivity contribution in [1.29, 1.82) is 0 Å². The summed E-state index contributed by atoms with van der Waals surface area (Å²) in [7, 11) is 0. The number of rotatable bonds is 4. The van der Waals surface area contributed by atoms with Gasteiger partial charge < -0.3 is 9.88 Å². The number of aromatic amines is 1. The molecule has 0 aliphatic carbocycles. The van der Waals surface area contributed by atoms with Crippen molar-refractivity contribution in [3.8, 4) is 11.4 Å². The standard InChI is InChI=1S/C25H26F3N5O/c26-25(27,28)19-7-5-18(6-8-19)23-30-21-10-13-32(16-20(21)24(34)31-23)15-17-4-9-22(29-14-17)33-11-2-1-3-12-33/h4-9,14H,1-3,10-13,15-16H2,(H,30,31,34). The van der Waals surface area contributed by atoms with Crippen molar-refractivity contribution in [2.45, 2.75) is 44.9 Å². The highest BCUT2D eigenvalue weighted by atomic mass is 19.4. The zero-order valence-electron chi connectivity index (χ0n) is 18.7. The van der Waals surface area contributed by atoms with Gasteiger partial charge in [-0.3, -0.25) is 9.69 Å². The fraction of sp³-hybridized carbons (Fsp3) is 0.400. The molecule has 5 rings (SSSR count). The first-order valence-electron chi connectivity index (χ1n) is 11.6. The van der Waals surface area contributed by atoms with Crippen LogP contribution in [0, 0.1) is 0 Å². The number of piperidine rings is 1. The van der Waals surface area contributed by atoms with Crippen molar-refractivity contribution in [2.75, 3.05) is 24.5 Å². The third kappa shape index (κ3) is 4.84. The van der Waals surface area contributed by atoms with Crippen LogP contribution in [-0.4, -0.2) is 39.5 Å². The van der Waals surface area contributed by atoms with Crippen LogP contribution in [-0.2, 0) is 25.7 Å². The molecule has 2 aromatic heterocycles. The average molecular weight is 470 g/mol. The van der Waals surface area contributed by atoms with Gasteiger partial charge in [0.2, 0.25) is 0 Å². The number of aromatic nitrogens is 3. The molecule has 0 spiro atoms. The van der Waals surface area contributed by atoms with Crippen molar-refractivity contribution < 1.29 is 13.2 Å². The van der Waals surface area contributed by atoms with E-state index < -0.39 is 11.7 Å². The Kier molecular flexibility index (Phi) is 6.12. The maximum Gasteiger partial charge on any atom is 0.416 e. The second-order valence-electron chi connectivity index (χ2n) is 8.95. The highest BCUT2D eigenvalue weighted by Gasteiger charge is 2.30. The molecule has 2 aliphatic heterocycles. The van der Waals surface area contributed by atoms with E-state index in [9.17, 15) is 18.0 Å². The van der Waals surface area contributed by atoms with Crippen LogP contribution in [0.25, 0.3) is 11.4 Å². The van der Waals surface area contributed by atoms with E-state index in [1.165, 1.54) is 31.4 Å². The lowest BCUT2D eigenvalue weighted by atomic mass is 10.1. The van der Waals surface area contributed by atoms with Gasteiger partial charge in [-0.2, -0.15) is 13.2 Å². The molecule has 1 aromatic carbocycles. The van der Waals surface area contributed by atoms with Crippen LogP contribution in [0.3, 0.4) is 0 Å². The van der Waals surface area contributed by atoms with E-state index in [1.54, 1.807) is 0 Å². The summed E-state index contributed by atoms with van der Waals surface area (Å²) in [4.78, 5) is 29.2. The summed E-state index contributed by atoms with van der Waals surface area (Å²) < 4.78 is 38.5. The van der Waals surface area contributed by atoms with Gasteiger partial charge in [0, 0.05) is 50.9 Å². The molecule has 0 saturated carbocycles. The van der Waals surface area contributed by atoms with Gasteiger partial charge in [0.15, 0.2) is 0 Å². The highest BCUT2D eigenvalue weighted by Crippen LogP contribution is 2.30. The van der Waals surface area contributed by atoms with Crippen LogP contribution in [0.4, 0.5) is 19.0 Å². The number of halogens is 3. The molecule has 0 radical (unpaired) electrons. The minimum absolute atomic E-state index is 0.247. The smallest absolute Gasteiger partial charge is 0.357 e. The van der Waals surface area contributed by atoms with E-state index >= 15 is 0 Å². The second-order valence-corrected chi connectivity index (χ2v) is 8.95. The minimum Gasteiger partial charge on any atom is -0.357 e. The second kappa shape index (κ2) is 9.21. The lowest BCUT2D eigenvalue weighted by Crippen LogP contribution is -2.35. The molecule has 1 saturated heterocycles. The first-order chi connectivity index (χ1) is 16.4. The normalized spacial score (nSPS) is 17.0. The van der Waals surface area contributed by atoms with E-state index in [-0.39, 0.29) is 5.56 Å². The molecule has 178 valence electrons. The van der Waals surface area contributed by atoms with Crippen LogP contribution >= 0.6 is 0 Å².